The van der Waals surface area contributed by atoms with Gasteiger partial charge in [-0.2, -0.15) is 0 Å². The van der Waals surface area contributed by atoms with E-state index in [-0.39, 0.29) is 0 Å². The standard InChI is InChI=1S/C15H15NOS2/c16-8-2-5-13-4-1-6-14(12-13)17-9-11-19-15-7-3-10-18-15/h1,3-4,6-7,10,12H,8-9,11,16H2. The third-order valence-electron chi connectivity index (χ3n) is 2.26. The Hall–Kier alpha value is -1.41. The van der Waals surface area contributed by atoms with Crippen molar-refractivity contribution in [2.24, 2.45) is 5.73 Å². The summed E-state index contributed by atoms with van der Waals surface area (Å²) in [6, 6.07) is 12.0. The molecule has 0 saturated heterocycles. The highest BCUT2D eigenvalue weighted by Gasteiger charge is 1.97. The van der Waals surface area contributed by atoms with E-state index in [0.717, 1.165) is 17.1 Å². The lowest BCUT2D eigenvalue weighted by Crippen LogP contribution is -1.99. The lowest BCUT2D eigenvalue weighted by molar-refractivity contribution is 0.344. The number of benzene rings is 1. The van der Waals surface area contributed by atoms with E-state index >= 15 is 0 Å². The summed E-state index contributed by atoms with van der Waals surface area (Å²) in [6.45, 7) is 1.07. The molecule has 98 valence electrons. The fourth-order valence-corrected chi connectivity index (χ4v) is 3.14. The zero-order chi connectivity index (χ0) is 13.3. The molecule has 4 heteroatoms. The molecule has 0 unspecified atom stereocenters. The zero-order valence-corrected chi connectivity index (χ0v) is 12.1. The molecule has 19 heavy (non-hydrogen) atoms. The number of thioether (sulfide) groups is 1. The van der Waals surface area contributed by atoms with Gasteiger partial charge in [-0.05, 0) is 29.6 Å². The highest BCUT2D eigenvalue weighted by Crippen LogP contribution is 2.23. The number of hydrogen-bond acceptors (Lipinski definition) is 4. The predicted molar refractivity (Wildman–Crippen MR) is 82.9 cm³/mol. The molecule has 2 N–H and O–H groups in total. The van der Waals surface area contributed by atoms with E-state index in [0.29, 0.717) is 13.2 Å². The lowest BCUT2D eigenvalue weighted by Gasteiger charge is -2.05. The van der Waals surface area contributed by atoms with Crippen LogP contribution in [-0.4, -0.2) is 18.9 Å². The van der Waals surface area contributed by atoms with E-state index in [1.165, 1.54) is 4.21 Å². The maximum atomic E-state index is 5.71. The summed E-state index contributed by atoms with van der Waals surface area (Å²) in [5.41, 5.74) is 6.29. The van der Waals surface area contributed by atoms with Crippen molar-refractivity contribution in [1.82, 2.24) is 0 Å². The number of rotatable bonds is 5. The van der Waals surface area contributed by atoms with Crippen LogP contribution in [0.4, 0.5) is 0 Å². The molecule has 0 atom stereocenters. The third-order valence-corrected chi connectivity index (χ3v) is 4.36. The first-order valence-corrected chi connectivity index (χ1v) is 7.83. The largest absolute Gasteiger partial charge is 0.493 e. The molecule has 0 fully saturated rings. The van der Waals surface area contributed by atoms with Crippen LogP contribution in [0.2, 0.25) is 0 Å². The molecule has 0 aliphatic rings. The number of ether oxygens (including phenoxy) is 1. The van der Waals surface area contributed by atoms with Gasteiger partial charge in [-0.3, -0.25) is 0 Å². The van der Waals surface area contributed by atoms with Crippen molar-refractivity contribution >= 4 is 23.1 Å². The maximum Gasteiger partial charge on any atom is 0.120 e. The first-order chi connectivity index (χ1) is 9.38. The Balaban J connectivity index is 1.79. The van der Waals surface area contributed by atoms with Gasteiger partial charge in [0.05, 0.1) is 17.4 Å². The van der Waals surface area contributed by atoms with Gasteiger partial charge in [-0.1, -0.05) is 24.0 Å². The Morgan fingerprint density at radius 1 is 1.26 bits per heavy atom. The molecular weight excluding hydrogens is 274 g/mol. The number of nitrogens with two attached hydrogens (primary N) is 1. The van der Waals surface area contributed by atoms with Crippen LogP contribution in [0.1, 0.15) is 5.56 Å². The van der Waals surface area contributed by atoms with Crippen LogP contribution in [0, 0.1) is 11.8 Å². The molecule has 0 aliphatic carbocycles. The molecule has 2 aromatic rings. The summed E-state index contributed by atoms with van der Waals surface area (Å²) in [6.07, 6.45) is 0. The number of hydrogen-bond donors (Lipinski definition) is 1. The van der Waals surface area contributed by atoms with Crippen molar-refractivity contribution in [2.75, 3.05) is 18.9 Å². The topological polar surface area (TPSA) is 35.2 Å². The second kappa shape index (κ2) is 7.90. The molecular formula is C15H15NOS2. The first kappa shape index (κ1) is 14.0. The van der Waals surface area contributed by atoms with E-state index in [1.807, 2.05) is 36.0 Å². The second-order valence-electron chi connectivity index (χ2n) is 3.66. The summed E-state index contributed by atoms with van der Waals surface area (Å²) < 4.78 is 7.03. The Morgan fingerprint density at radius 3 is 3.00 bits per heavy atom. The second-order valence-corrected chi connectivity index (χ2v) is 6.01. The van der Waals surface area contributed by atoms with Gasteiger partial charge in [0.1, 0.15) is 5.75 Å². The van der Waals surface area contributed by atoms with E-state index in [9.17, 15) is 0 Å². The molecule has 0 saturated carbocycles. The summed E-state index contributed by atoms with van der Waals surface area (Å²) in [5.74, 6) is 7.64. The fraction of sp³-hybridized carbons (Fsp3) is 0.200. The quantitative estimate of drug-likeness (QED) is 0.521. The smallest absolute Gasteiger partial charge is 0.120 e. The van der Waals surface area contributed by atoms with Crippen molar-refractivity contribution in [3.05, 3.63) is 47.3 Å². The van der Waals surface area contributed by atoms with Crippen molar-refractivity contribution in [3.8, 4) is 17.6 Å². The third kappa shape index (κ3) is 4.99. The Bertz CT molecular complexity index is 555. The molecule has 1 heterocycles. The van der Waals surface area contributed by atoms with Crippen LogP contribution in [0.5, 0.6) is 5.75 Å². The van der Waals surface area contributed by atoms with Crippen LogP contribution < -0.4 is 10.5 Å². The van der Waals surface area contributed by atoms with Crippen LogP contribution >= 0.6 is 23.1 Å². The van der Waals surface area contributed by atoms with E-state index in [2.05, 4.69) is 29.4 Å². The van der Waals surface area contributed by atoms with Gasteiger partial charge in [-0.25, -0.2) is 0 Å². The Morgan fingerprint density at radius 2 is 2.21 bits per heavy atom. The van der Waals surface area contributed by atoms with Crippen molar-refractivity contribution in [3.63, 3.8) is 0 Å². The van der Waals surface area contributed by atoms with Gasteiger partial charge < -0.3 is 10.5 Å². The van der Waals surface area contributed by atoms with Gasteiger partial charge in [-0.15, -0.1) is 23.1 Å². The fourth-order valence-electron chi connectivity index (χ4n) is 1.46. The Kier molecular flexibility index (Phi) is 5.83. The van der Waals surface area contributed by atoms with E-state index in [1.54, 1.807) is 11.3 Å². The predicted octanol–water partition coefficient (Wildman–Crippen LogP) is 3.23. The molecule has 2 rings (SSSR count). The molecule has 0 spiro atoms. The molecule has 0 aliphatic heterocycles. The van der Waals surface area contributed by atoms with Crippen molar-refractivity contribution in [2.45, 2.75) is 4.21 Å². The number of thiophene rings is 1. The minimum absolute atomic E-state index is 0.378. The van der Waals surface area contributed by atoms with E-state index in [4.69, 9.17) is 10.5 Å². The van der Waals surface area contributed by atoms with Crippen molar-refractivity contribution < 1.29 is 4.74 Å². The molecule has 1 aromatic heterocycles. The minimum Gasteiger partial charge on any atom is -0.493 e. The summed E-state index contributed by atoms with van der Waals surface area (Å²) in [7, 11) is 0. The average Bonchev–Trinajstić information content (AvgIpc) is 2.95. The molecule has 0 bridgehead atoms. The maximum absolute atomic E-state index is 5.71. The van der Waals surface area contributed by atoms with Gasteiger partial charge in [0.2, 0.25) is 0 Å². The Labute approximate surface area is 122 Å². The molecule has 0 radical (unpaired) electrons. The summed E-state index contributed by atoms with van der Waals surface area (Å²) >= 11 is 3.57. The van der Waals surface area contributed by atoms with Gasteiger partial charge in [0.15, 0.2) is 0 Å². The monoisotopic (exact) mass is 289 g/mol. The van der Waals surface area contributed by atoms with Crippen LogP contribution in [-0.2, 0) is 0 Å². The normalized spacial score (nSPS) is 9.74. The summed E-state index contributed by atoms with van der Waals surface area (Å²) in [5, 5.41) is 2.09. The van der Waals surface area contributed by atoms with Gasteiger partial charge >= 0.3 is 0 Å². The lowest BCUT2D eigenvalue weighted by atomic mass is 10.2. The SMILES string of the molecule is NCC#Cc1cccc(OCCSc2cccs2)c1. The average molecular weight is 289 g/mol. The minimum atomic E-state index is 0.378. The van der Waals surface area contributed by atoms with Gasteiger partial charge in [0.25, 0.3) is 0 Å². The van der Waals surface area contributed by atoms with Crippen LogP contribution in [0.25, 0.3) is 0 Å². The first-order valence-electron chi connectivity index (χ1n) is 5.96. The molecule has 2 nitrogen and oxygen atoms in total. The summed E-state index contributed by atoms with van der Waals surface area (Å²) in [4.78, 5) is 0. The van der Waals surface area contributed by atoms with Crippen molar-refractivity contribution in [1.29, 1.82) is 0 Å². The highest BCUT2D eigenvalue weighted by molar-refractivity contribution is 8.01. The van der Waals surface area contributed by atoms with Crippen LogP contribution in [0.3, 0.4) is 0 Å². The zero-order valence-electron chi connectivity index (χ0n) is 10.5. The van der Waals surface area contributed by atoms with Gasteiger partial charge in [0, 0.05) is 11.3 Å². The molecule has 1 aromatic carbocycles. The van der Waals surface area contributed by atoms with Crippen LogP contribution in [0.15, 0.2) is 46.0 Å². The van der Waals surface area contributed by atoms with E-state index < -0.39 is 0 Å². The highest BCUT2D eigenvalue weighted by atomic mass is 32.2. The molecule has 0 amide bonds.